The molecule has 5 rings (SSSR count). The molecule has 6 unspecified atom stereocenters. The average molecular weight is 152 g/mol. The van der Waals surface area contributed by atoms with E-state index in [9.17, 15) is 0 Å². The van der Waals surface area contributed by atoms with Crippen molar-refractivity contribution in [2.45, 2.75) is 43.7 Å². The predicted molar refractivity (Wildman–Crippen MR) is 38.2 cm³/mol. The van der Waals surface area contributed by atoms with Gasteiger partial charge in [0.15, 0.2) is 0 Å². The first-order valence-electron chi connectivity index (χ1n) is 4.73. The molecule has 2 bridgehead atoms. The minimum atomic E-state index is 0.615. The third-order valence-corrected chi connectivity index (χ3v) is 3.97. The van der Waals surface area contributed by atoms with Crippen molar-refractivity contribution in [1.82, 2.24) is 0 Å². The summed E-state index contributed by atoms with van der Waals surface area (Å²) in [6.07, 6.45) is 6.50. The van der Waals surface area contributed by atoms with Gasteiger partial charge >= 0.3 is 0 Å². The zero-order valence-corrected chi connectivity index (χ0v) is 6.40. The highest BCUT2D eigenvalue weighted by molar-refractivity contribution is 5.10. The Balaban J connectivity index is 1.70. The van der Waals surface area contributed by atoms with Gasteiger partial charge in [-0.05, 0) is 24.7 Å². The normalized spacial score (nSPS) is 69.8. The van der Waals surface area contributed by atoms with Crippen molar-refractivity contribution < 1.29 is 9.47 Å². The molecule has 0 spiro atoms. The third kappa shape index (κ3) is 0.541. The topological polar surface area (TPSA) is 21.8 Å². The van der Waals surface area contributed by atoms with Crippen LogP contribution in [-0.2, 0) is 9.47 Å². The molecule has 3 saturated heterocycles. The van der Waals surface area contributed by atoms with E-state index >= 15 is 0 Å². The van der Waals surface area contributed by atoms with E-state index in [0.29, 0.717) is 24.4 Å². The quantitative estimate of drug-likeness (QED) is 0.482. The summed E-state index contributed by atoms with van der Waals surface area (Å²) in [4.78, 5) is 0. The molecule has 5 aliphatic rings. The molecule has 0 N–H and O–H groups in total. The zero-order valence-electron chi connectivity index (χ0n) is 6.40. The van der Waals surface area contributed by atoms with Crippen LogP contribution in [0.4, 0.5) is 0 Å². The molecular formula is C9H12O2. The fraction of sp³-hybridized carbons (Fsp3) is 1.00. The van der Waals surface area contributed by atoms with Crippen LogP contribution < -0.4 is 0 Å². The number of epoxide rings is 1. The Morgan fingerprint density at radius 2 is 1.73 bits per heavy atom. The maximum Gasteiger partial charge on any atom is 0.0874 e. The standard InChI is InChI=1S/C9H12O2/c1-4-2-7(10-4)5-3-8-9(11-8)6(1)5/h4-9H,1-3H2. The second-order valence-electron chi connectivity index (χ2n) is 4.47. The van der Waals surface area contributed by atoms with Crippen LogP contribution in [0.1, 0.15) is 19.3 Å². The van der Waals surface area contributed by atoms with Gasteiger partial charge in [-0.25, -0.2) is 0 Å². The van der Waals surface area contributed by atoms with Crippen molar-refractivity contribution in [3.8, 4) is 0 Å². The van der Waals surface area contributed by atoms with Gasteiger partial charge in [-0.1, -0.05) is 0 Å². The fourth-order valence-electron chi connectivity index (χ4n) is 3.37. The number of hydrogen-bond donors (Lipinski definition) is 0. The first kappa shape index (κ1) is 5.55. The van der Waals surface area contributed by atoms with E-state index in [-0.39, 0.29) is 0 Å². The molecule has 5 fully saturated rings. The van der Waals surface area contributed by atoms with Crippen LogP contribution >= 0.6 is 0 Å². The summed E-state index contributed by atoms with van der Waals surface area (Å²) in [5.41, 5.74) is 0. The van der Waals surface area contributed by atoms with Crippen LogP contribution in [0, 0.1) is 11.8 Å². The summed E-state index contributed by atoms with van der Waals surface area (Å²) >= 11 is 0. The summed E-state index contributed by atoms with van der Waals surface area (Å²) in [6.45, 7) is 0. The SMILES string of the molecule is C1C2CC3C(CC4OC43)C1O2. The van der Waals surface area contributed by atoms with Crippen LogP contribution in [-0.4, -0.2) is 24.4 Å². The second kappa shape index (κ2) is 1.50. The molecule has 60 valence electrons. The number of hydrogen-bond acceptors (Lipinski definition) is 2. The average Bonchev–Trinajstić information content (AvgIpc) is 2.61. The zero-order chi connectivity index (χ0) is 7.00. The van der Waals surface area contributed by atoms with Gasteiger partial charge in [0.1, 0.15) is 0 Å². The molecule has 11 heavy (non-hydrogen) atoms. The molecule has 3 aliphatic heterocycles. The lowest BCUT2D eigenvalue weighted by Crippen LogP contribution is -2.51. The lowest BCUT2D eigenvalue weighted by Gasteiger charge is -2.49. The van der Waals surface area contributed by atoms with Crippen molar-refractivity contribution in [3.63, 3.8) is 0 Å². The van der Waals surface area contributed by atoms with Gasteiger partial charge < -0.3 is 9.47 Å². The number of rotatable bonds is 0. The van der Waals surface area contributed by atoms with E-state index in [0.717, 1.165) is 11.8 Å². The third-order valence-electron chi connectivity index (χ3n) is 3.97. The Morgan fingerprint density at radius 1 is 0.818 bits per heavy atom. The molecule has 2 nitrogen and oxygen atoms in total. The second-order valence-corrected chi connectivity index (χ2v) is 4.47. The molecule has 0 aromatic heterocycles. The van der Waals surface area contributed by atoms with Gasteiger partial charge in [-0.3, -0.25) is 0 Å². The van der Waals surface area contributed by atoms with Crippen molar-refractivity contribution >= 4 is 0 Å². The maximum atomic E-state index is 5.70. The van der Waals surface area contributed by atoms with Gasteiger partial charge in [0.2, 0.25) is 0 Å². The van der Waals surface area contributed by atoms with Crippen molar-refractivity contribution in [3.05, 3.63) is 0 Å². The Morgan fingerprint density at radius 3 is 2.55 bits per heavy atom. The van der Waals surface area contributed by atoms with E-state index in [2.05, 4.69) is 0 Å². The first-order valence-corrected chi connectivity index (χ1v) is 4.73. The highest BCUT2D eigenvalue weighted by Gasteiger charge is 2.62. The molecule has 0 radical (unpaired) electrons. The summed E-state index contributed by atoms with van der Waals surface area (Å²) < 4.78 is 11.2. The molecular weight excluding hydrogens is 140 g/mol. The molecule has 2 heteroatoms. The molecule has 2 aliphatic carbocycles. The Bertz CT molecular complexity index is 210. The highest BCUT2D eigenvalue weighted by Crippen LogP contribution is 2.57. The van der Waals surface area contributed by atoms with Gasteiger partial charge in [0, 0.05) is 6.42 Å². The van der Waals surface area contributed by atoms with E-state index in [1.807, 2.05) is 0 Å². The van der Waals surface area contributed by atoms with Crippen LogP contribution in [0.25, 0.3) is 0 Å². The highest BCUT2D eigenvalue weighted by atomic mass is 16.6. The van der Waals surface area contributed by atoms with Crippen LogP contribution in [0.2, 0.25) is 0 Å². The van der Waals surface area contributed by atoms with Gasteiger partial charge in [0.05, 0.1) is 24.4 Å². The summed E-state index contributed by atoms with van der Waals surface area (Å²) in [7, 11) is 0. The van der Waals surface area contributed by atoms with Crippen LogP contribution in [0.3, 0.4) is 0 Å². The summed E-state index contributed by atoms with van der Waals surface area (Å²) in [5, 5.41) is 0. The Hall–Kier alpha value is -0.0800. The smallest absolute Gasteiger partial charge is 0.0874 e. The van der Waals surface area contributed by atoms with Crippen LogP contribution in [0.15, 0.2) is 0 Å². The van der Waals surface area contributed by atoms with Crippen molar-refractivity contribution in [2.75, 3.05) is 0 Å². The largest absolute Gasteiger partial charge is 0.374 e. The van der Waals surface area contributed by atoms with Gasteiger partial charge in [-0.2, -0.15) is 0 Å². The van der Waals surface area contributed by atoms with Crippen LogP contribution in [0.5, 0.6) is 0 Å². The minimum Gasteiger partial charge on any atom is -0.374 e. The summed E-state index contributed by atoms with van der Waals surface area (Å²) in [5.74, 6) is 1.77. The fourth-order valence-corrected chi connectivity index (χ4v) is 3.37. The summed E-state index contributed by atoms with van der Waals surface area (Å²) in [6, 6.07) is 0. The Kier molecular flexibility index (Phi) is 0.758. The van der Waals surface area contributed by atoms with Gasteiger partial charge in [-0.15, -0.1) is 0 Å². The van der Waals surface area contributed by atoms with E-state index < -0.39 is 0 Å². The van der Waals surface area contributed by atoms with Gasteiger partial charge in [0.25, 0.3) is 0 Å². The molecule has 3 heterocycles. The molecule has 6 atom stereocenters. The monoisotopic (exact) mass is 152 g/mol. The minimum absolute atomic E-state index is 0.615. The maximum absolute atomic E-state index is 5.70. The van der Waals surface area contributed by atoms with Crippen molar-refractivity contribution in [1.29, 1.82) is 0 Å². The first-order chi connectivity index (χ1) is 5.42. The lowest BCUT2D eigenvalue weighted by molar-refractivity contribution is -0.207. The molecule has 0 amide bonds. The van der Waals surface area contributed by atoms with E-state index in [4.69, 9.17) is 9.47 Å². The van der Waals surface area contributed by atoms with E-state index in [1.54, 1.807) is 0 Å². The molecule has 2 saturated carbocycles. The number of ether oxygens (including phenoxy) is 2. The predicted octanol–water partition coefficient (Wildman–Crippen LogP) is 0.951. The molecule has 0 aromatic carbocycles. The lowest BCUT2D eigenvalue weighted by atomic mass is 9.73. The van der Waals surface area contributed by atoms with Crippen molar-refractivity contribution in [2.24, 2.45) is 11.8 Å². The molecule has 0 aromatic rings. The van der Waals surface area contributed by atoms with E-state index in [1.165, 1.54) is 19.3 Å². The Labute approximate surface area is 65.9 Å². The number of fused-ring (bicyclic) bond motifs is 1.